The van der Waals surface area contributed by atoms with E-state index in [2.05, 4.69) is 36.5 Å². The summed E-state index contributed by atoms with van der Waals surface area (Å²) in [5.74, 6) is -1.33. The third kappa shape index (κ3) is 7.78. The first kappa shape index (κ1) is 33.6. The first-order valence-corrected chi connectivity index (χ1v) is 15.1. The highest BCUT2D eigenvalue weighted by Gasteiger charge is 2.29. The number of halogens is 1. The summed E-state index contributed by atoms with van der Waals surface area (Å²) in [7, 11) is 3.76. The SMILES string of the molecule is COC(=O)Nc1ccc2c(c1)NC(C(=O)OC)CCCCC(NC(=O)/C=C/c1cc(Cl)ccc1-n1cnnn1)c1nc-2c(C(=O)OC)[nH]1. The maximum atomic E-state index is 13.3. The highest BCUT2D eigenvalue weighted by atomic mass is 35.5. The van der Waals surface area contributed by atoms with Gasteiger partial charge in [0.05, 0.1) is 33.1 Å². The Morgan fingerprint density at radius 1 is 1.02 bits per heavy atom. The fourth-order valence-electron chi connectivity index (χ4n) is 5.20. The molecule has 16 nitrogen and oxygen atoms in total. The Hall–Kier alpha value is -5.77. The van der Waals surface area contributed by atoms with E-state index in [1.165, 1.54) is 38.4 Å². The molecule has 3 heterocycles. The minimum absolute atomic E-state index is 0.0258. The van der Waals surface area contributed by atoms with Gasteiger partial charge in [-0.2, -0.15) is 4.68 Å². The van der Waals surface area contributed by atoms with E-state index >= 15 is 0 Å². The summed E-state index contributed by atoms with van der Waals surface area (Å²) >= 11 is 6.22. The van der Waals surface area contributed by atoms with E-state index in [1.807, 2.05) is 0 Å². The summed E-state index contributed by atoms with van der Waals surface area (Å²) in [6.07, 6.45) is 5.61. The number of hydrogen-bond acceptors (Lipinski definition) is 12. The number of nitrogens with one attached hydrogen (secondary N) is 4. The van der Waals surface area contributed by atoms with Crippen molar-refractivity contribution in [3.05, 3.63) is 70.9 Å². The number of carbonyl (C=O) groups excluding carboxylic acids is 4. The summed E-state index contributed by atoms with van der Waals surface area (Å²) in [5, 5.41) is 20.5. The summed E-state index contributed by atoms with van der Waals surface area (Å²) < 4.78 is 16.3. The van der Waals surface area contributed by atoms with Gasteiger partial charge < -0.3 is 29.8 Å². The molecule has 17 heteroatoms. The Morgan fingerprint density at radius 3 is 2.56 bits per heavy atom. The largest absolute Gasteiger partial charge is 0.467 e. The predicted molar refractivity (Wildman–Crippen MR) is 173 cm³/mol. The van der Waals surface area contributed by atoms with Crippen LogP contribution in [-0.2, 0) is 23.8 Å². The second kappa shape index (κ2) is 15.2. The van der Waals surface area contributed by atoms with Crippen molar-refractivity contribution in [1.82, 2.24) is 35.5 Å². The Kier molecular flexibility index (Phi) is 10.6. The zero-order chi connectivity index (χ0) is 34.2. The number of rotatable bonds is 7. The first-order chi connectivity index (χ1) is 23.2. The molecule has 0 radical (unpaired) electrons. The molecule has 2 amide bonds. The van der Waals surface area contributed by atoms with Gasteiger partial charge in [0, 0.05) is 33.6 Å². The number of hydrogen-bond donors (Lipinski definition) is 4. The lowest BCUT2D eigenvalue weighted by Gasteiger charge is -2.22. The molecule has 48 heavy (non-hydrogen) atoms. The Bertz CT molecular complexity index is 1840. The highest BCUT2D eigenvalue weighted by Crippen LogP contribution is 2.35. The topological polar surface area (TPSA) is 204 Å². The van der Waals surface area contributed by atoms with Crippen molar-refractivity contribution < 1.29 is 33.4 Å². The lowest BCUT2D eigenvalue weighted by molar-refractivity contribution is -0.141. The van der Waals surface area contributed by atoms with E-state index in [0.717, 1.165) is 0 Å². The lowest BCUT2D eigenvalue weighted by Crippen LogP contribution is -2.31. The molecule has 2 aromatic carbocycles. The van der Waals surface area contributed by atoms with Gasteiger partial charge in [-0.3, -0.25) is 10.1 Å². The van der Waals surface area contributed by atoms with E-state index in [4.69, 9.17) is 30.8 Å². The van der Waals surface area contributed by atoms with Crippen molar-refractivity contribution in [3.8, 4) is 16.9 Å². The molecule has 0 fully saturated rings. The molecule has 2 unspecified atom stereocenters. The molecule has 0 spiro atoms. The number of benzene rings is 2. The molecule has 1 aliphatic heterocycles. The smallest absolute Gasteiger partial charge is 0.411 e. The van der Waals surface area contributed by atoms with E-state index in [-0.39, 0.29) is 11.4 Å². The van der Waals surface area contributed by atoms with Gasteiger partial charge in [0.2, 0.25) is 5.91 Å². The van der Waals surface area contributed by atoms with Gasteiger partial charge in [0.25, 0.3) is 0 Å². The lowest BCUT2D eigenvalue weighted by atomic mass is 10.0. The number of imidazole rings is 1. The van der Waals surface area contributed by atoms with Gasteiger partial charge in [-0.05, 0) is 65.7 Å². The number of aromatic amines is 1. The molecule has 2 atom stereocenters. The second-order valence-corrected chi connectivity index (χ2v) is 11.0. The van der Waals surface area contributed by atoms with Gasteiger partial charge >= 0.3 is 18.0 Å². The van der Waals surface area contributed by atoms with Gasteiger partial charge in [-0.25, -0.2) is 19.4 Å². The quantitative estimate of drug-likeness (QED) is 0.124. The average molecular weight is 678 g/mol. The van der Waals surface area contributed by atoms with Crippen molar-refractivity contribution in [2.24, 2.45) is 0 Å². The van der Waals surface area contributed by atoms with Crippen LogP contribution in [0.4, 0.5) is 16.2 Å². The number of amides is 2. The van der Waals surface area contributed by atoms with Crippen molar-refractivity contribution in [2.45, 2.75) is 37.8 Å². The summed E-state index contributed by atoms with van der Waals surface area (Å²) in [6, 6.07) is 8.46. The van der Waals surface area contributed by atoms with Crippen molar-refractivity contribution >= 4 is 53.0 Å². The van der Waals surface area contributed by atoms with Gasteiger partial charge in [0.15, 0.2) is 5.69 Å². The monoisotopic (exact) mass is 677 g/mol. The fraction of sp³-hybridized carbons (Fsp3) is 0.290. The molecule has 0 aliphatic carbocycles. The zero-order valence-corrected chi connectivity index (χ0v) is 26.9. The molecule has 2 bridgehead atoms. The molecule has 4 N–H and O–H groups in total. The Morgan fingerprint density at radius 2 is 1.83 bits per heavy atom. The van der Waals surface area contributed by atoms with Crippen LogP contribution in [-0.4, -0.2) is 81.5 Å². The van der Waals surface area contributed by atoms with E-state index < -0.39 is 36.0 Å². The maximum Gasteiger partial charge on any atom is 0.411 e. The molecule has 2 aromatic heterocycles. The number of tetrazole rings is 1. The summed E-state index contributed by atoms with van der Waals surface area (Å²) in [5.41, 5.74) is 2.59. The first-order valence-electron chi connectivity index (χ1n) is 14.7. The van der Waals surface area contributed by atoms with Crippen molar-refractivity contribution in [1.29, 1.82) is 0 Å². The van der Waals surface area contributed by atoms with Crippen LogP contribution < -0.4 is 16.0 Å². The highest BCUT2D eigenvalue weighted by molar-refractivity contribution is 6.30. The minimum Gasteiger partial charge on any atom is -0.467 e. The third-order valence-corrected chi connectivity index (χ3v) is 7.75. The number of carbonyl (C=O) groups is 4. The van der Waals surface area contributed by atoms with E-state index in [1.54, 1.807) is 42.5 Å². The molecule has 250 valence electrons. The zero-order valence-electron chi connectivity index (χ0n) is 26.2. The third-order valence-electron chi connectivity index (χ3n) is 7.52. The van der Waals surface area contributed by atoms with Gasteiger partial charge in [0.1, 0.15) is 23.9 Å². The van der Waals surface area contributed by atoms with Crippen molar-refractivity contribution in [2.75, 3.05) is 32.0 Å². The molecule has 0 saturated carbocycles. The standard InChI is InChI=1S/C31H32ClN9O7/c1-46-29(43)22-7-5-4-6-21(36-25(42)13-8-17-14-18(32)9-12-24(17)41-16-33-39-40-41)28-37-26(27(38-28)30(44)47-2)20-11-10-19(15-23(20)35-22)34-31(45)48-3/h8-16,21-22,35H,4-7H2,1-3H3,(H,34,45)(H,36,42)(H,37,38)/b13-8+. The van der Waals surface area contributed by atoms with Crippen LogP contribution in [0.15, 0.2) is 48.8 Å². The Labute approximate surface area is 279 Å². The number of anilines is 2. The number of nitrogens with zero attached hydrogens (tertiary/aromatic N) is 5. The number of fused-ring (bicyclic) bond motifs is 4. The molecular weight excluding hydrogens is 646 g/mol. The van der Waals surface area contributed by atoms with E-state index in [9.17, 15) is 19.2 Å². The normalized spacial score (nSPS) is 16.0. The number of esters is 2. The maximum absolute atomic E-state index is 13.3. The molecular formula is C31H32ClN9O7. The van der Waals surface area contributed by atoms with Crippen LogP contribution in [0.2, 0.25) is 5.02 Å². The van der Waals surface area contributed by atoms with Crippen LogP contribution in [0.3, 0.4) is 0 Å². The predicted octanol–water partition coefficient (Wildman–Crippen LogP) is 4.07. The summed E-state index contributed by atoms with van der Waals surface area (Å²) in [6.45, 7) is 0. The van der Waals surface area contributed by atoms with E-state index in [0.29, 0.717) is 64.7 Å². The van der Waals surface area contributed by atoms with Gasteiger partial charge in [-0.15, -0.1) is 5.10 Å². The van der Waals surface area contributed by atoms with Crippen LogP contribution in [0.25, 0.3) is 23.0 Å². The van der Waals surface area contributed by atoms with Crippen LogP contribution >= 0.6 is 11.6 Å². The fourth-order valence-corrected chi connectivity index (χ4v) is 5.38. The number of aromatic nitrogens is 6. The van der Waals surface area contributed by atoms with Gasteiger partial charge in [-0.1, -0.05) is 24.4 Å². The summed E-state index contributed by atoms with van der Waals surface area (Å²) in [4.78, 5) is 58.9. The van der Waals surface area contributed by atoms with Crippen LogP contribution in [0.5, 0.6) is 0 Å². The number of methoxy groups -OCH3 is 3. The number of H-pyrrole nitrogens is 1. The minimum atomic E-state index is -0.774. The number of ether oxygens (including phenoxy) is 3. The average Bonchev–Trinajstić information content (AvgIpc) is 3.78. The molecule has 1 aliphatic rings. The molecule has 0 saturated heterocycles. The molecule has 4 aromatic rings. The molecule has 5 rings (SSSR count). The van der Waals surface area contributed by atoms with Crippen LogP contribution in [0, 0.1) is 0 Å². The van der Waals surface area contributed by atoms with Crippen LogP contribution in [0.1, 0.15) is 53.6 Å². The second-order valence-electron chi connectivity index (χ2n) is 10.6. The van der Waals surface area contributed by atoms with Crippen molar-refractivity contribution in [3.63, 3.8) is 0 Å². The Balaban J connectivity index is 1.52.